The highest BCUT2D eigenvalue weighted by Crippen LogP contribution is 2.37. The lowest BCUT2D eigenvalue weighted by atomic mass is 10.00. The first-order valence-electron chi connectivity index (χ1n) is 8.91. The monoisotopic (exact) mass is 345 g/mol. The zero-order valence-corrected chi connectivity index (χ0v) is 14.4. The van der Waals surface area contributed by atoms with Gasteiger partial charge in [-0.05, 0) is 29.7 Å². The Hall–Kier alpha value is -3.08. The molecule has 5 heteroatoms. The number of amides is 1. The molecule has 0 fully saturated rings. The predicted molar refractivity (Wildman–Crippen MR) is 97.6 cm³/mol. The van der Waals surface area contributed by atoms with Gasteiger partial charge in [0.25, 0.3) is 0 Å². The fourth-order valence-corrected chi connectivity index (χ4v) is 3.84. The minimum atomic E-state index is 0.106. The van der Waals surface area contributed by atoms with Crippen molar-refractivity contribution in [3.8, 4) is 17.0 Å². The topological polar surface area (TPSA) is 47.4 Å². The molecule has 26 heavy (non-hydrogen) atoms. The van der Waals surface area contributed by atoms with Crippen LogP contribution in [0.5, 0.6) is 5.75 Å². The van der Waals surface area contributed by atoms with E-state index in [1.165, 1.54) is 11.1 Å². The van der Waals surface area contributed by atoms with E-state index in [4.69, 9.17) is 4.74 Å². The lowest BCUT2D eigenvalue weighted by Crippen LogP contribution is -2.38. The lowest BCUT2D eigenvalue weighted by molar-refractivity contribution is -0.132. The van der Waals surface area contributed by atoms with Gasteiger partial charge in [-0.3, -0.25) is 9.48 Å². The van der Waals surface area contributed by atoms with Crippen molar-refractivity contribution in [1.82, 2.24) is 14.7 Å². The summed E-state index contributed by atoms with van der Waals surface area (Å²) >= 11 is 0. The van der Waals surface area contributed by atoms with Gasteiger partial charge in [0.15, 0.2) is 0 Å². The second-order valence-corrected chi connectivity index (χ2v) is 6.79. The van der Waals surface area contributed by atoms with E-state index in [1.807, 2.05) is 46.1 Å². The van der Waals surface area contributed by atoms with Crippen molar-refractivity contribution < 1.29 is 9.53 Å². The summed E-state index contributed by atoms with van der Waals surface area (Å²) in [4.78, 5) is 14.8. The van der Waals surface area contributed by atoms with Crippen molar-refractivity contribution in [3.05, 3.63) is 71.4 Å². The van der Waals surface area contributed by atoms with E-state index >= 15 is 0 Å². The third-order valence-corrected chi connectivity index (χ3v) is 5.21. The van der Waals surface area contributed by atoms with Crippen LogP contribution in [0.2, 0.25) is 0 Å². The number of fused-ring (bicyclic) bond motifs is 4. The standard InChI is InChI=1S/C21H19N3O2/c25-20(23-10-9-15-5-1-2-6-16(15)12-23)13-24-21-17(11-22-24)14-26-19-8-4-3-7-18(19)21/h1-8,11H,9-10,12-14H2. The number of para-hydroxylation sites is 1. The Morgan fingerprint density at radius 1 is 1.04 bits per heavy atom. The van der Waals surface area contributed by atoms with E-state index in [9.17, 15) is 4.79 Å². The average molecular weight is 345 g/mol. The van der Waals surface area contributed by atoms with Gasteiger partial charge in [-0.1, -0.05) is 36.4 Å². The van der Waals surface area contributed by atoms with Crippen LogP contribution in [0.1, 0.15) is 16.7 Å². The molecule has 2 aliphatic rings. The Labute approximate surface area is 151 Å². The average Bonchev–Trinajstić information content (AvgIpc) is 3.11. The molecule has 0 bridgehead atoms. The molecule has 2 aromatic carbocycles. The first-order valence-corrected chi connectivity index (χ1v) is 8.91. The van der Waals surface area contributed by atoms with Crippen molar-refractivity contribution in [2.24, 2.45) is 0 Å². The third-order valence-electron chi connectivity index (χ3n) is 5.21. The van der Waals surface area contributed by atoms with Crippen LogP contribution >= 0.6 is 0 Å². The molecule has 0 saturated heterocycles. The molecule has 130 valence electrons. The molecule has 5 nitrogen and oxygen atoms in total. The van der Waals surface area contributed by atoms with Crippen LogP contribution in [-0.4, -0.2) is 27.1 Å². The highest BCUT2D eigenvalue weighted by Gasteiger charge is 2.25. The molecule has 1 amide bonds. The molecule has 0 spiro atoms. The highest BCUT2D eigenvalue weighted by atomic mass is 16.5. The summed E-state index contributed by atoms with van der Waals surface area (Å²) in [5.74, 6) is 0.954. The van der Waals surface area contributed by atoms with Crippen molar-refractivity contribution in [2.75, 3.05) is 6.54 Å². The number of carbonyl (C=O) groups is 1. The van der Waals surface area contributed by atoms with Crippen LogP contribution in [0, 0.1) is 0 Å². The summed E-state index contributed by atoms with van der Waals surface area (Å²) in [5, 5.41) is 4.46. The summed E-state index contributed by atoms with van der Waals surface area (Å²) in [6.45, 7) is 2.20. The fraction of sp³-hybridized carbons (Fsp3) is 0.238. The van der Waals surface area contributed by atoms with Gasteiger partial charge in [0, 0.05) is 24.2 Å². The van der Waals surface area contributed by atoms with Gasteiger partial charge in [0.1, 0.15) is 18.9 Å². The molecule has 0 radical (unpaired) electrons. The van der Waals surface area contributed by atoms with E-state index in [0.717, 1.165) is 35.5 Å². The smallest absolute Gasteiger partial charge is 0.244 e. The summed E-state index contributed by atoms with van der Waals surface area (Å²) in [6, 6.07) is 16.3. The predicted octanol–water partition coefficient (Wildman–Crippen LogP) is 3.03. The van der Waals surface area contributed by atoms with Crippen LogP contribution < -0.4 is 4.74 Å². The van der Waals surface area contributed by atoms with E-state index in [0.29, 0.717) is 13.2 Å². The number of rotatable bonds is 2. The van der Waals surface area contributed by atoms with Crippen molar-refractivity contribution >= 4 is 5.91 Å². The maximum Gasteiger partial charge on any atom is 0.244 e. The lowest BCUT2D eigenvalue weighted by Gasteiger charge is -2.29. The largest absolute Gasteiger partial charge is 0.488 e. The third kappa shape index (κ3) is 2.47. The number of aromatic nitrogens is 2. The number of ether oxygens (including phenoxy) is 1. The molecular formula is C21H19N3O2. The van der Waals surface area contributed by atoms with Gasteiger partial charge in [-0.25, -0.2) is 0 Å². The molecule has 0 N–H and O–H groups in total. The quantitative estimate of drug-likeness (QED) is 0.717. The van der Waals surface area contributed by atoms with Crippen LogP contribution in [0.4, 0.5) is 0 Å². The Kier molecular flexibility index (Phi) is 3.52. The van der Waals surface area contributed by atoms with Gasteiger partial charge >= 0.3 is 0 Å². The number of nitrogens with zero attached hydrogens (tertiary/aromatic N) is 3. The molecule has 3 aromatic rings. The molecule has 2 aliphatic heterocycles. The molecule has 1 aromatic heterocycles. The minimum absolute atomic E-state index is 0.106. The molecular weight excluding hydrogens is 326 g/mol. The summed E-state index contributed by atoms with van der Waals surface area (Å²) in [5.41, 5.74) is 5.62. The maximum atomic E-state index is 12.9. The van der Waals surface area contributed by atoms with Crippen LogP contribution in [0.25, 0.3) is 11.3 Å². The Balaban J connectivity index is 1.40. The minimum Gasteiger partial charge on any atom is -0.488 e. The normalized spacial score (nSPS) is 14.8. The summed E-state index contributed by atoms with van der Waals surface area (Å²) in [6.07, 6.45) is 2.72. The zero-order chi connectivity index (χ0) is 17.5. The number of hydrogen-bond acceptors (Lipinski definition) is 3. The Morgan fingerprint density at radius 3 is 2.77 bits per heavy atom. The fourth-order valence-electron chi connectivity index (χ4n) is 3.84. The molecule has 3 heterocycles. The van der Waals surface area contributed by atoms with Crippen LogP contribution in [-0.2, 0) is 30.9 Å². The van der Waals surface area contributed by atoms with E-state index in [1.54, 1.807) is 0 Å². The first kappa shape index (κ1) is 15.2. The maximum absolute atomic E-state index is 12.9. The van der Waals surface area contributed by atoms with Gasteiger partial charge < -0.3 is 9.64 Å². The van der Waals surface area contributed by atoms with E-state index in [-0.39, 0.29) is 12.5 Å². The molecule has 5 rings (SSSR count). The van der Waals surface area contributed by atoms with Crippen molar-refractivity contribution in [1.29, 1.82) is 0 Å². The molecule has 0 saturated carbocycles. The van der Waals surface area contributed by atoms with E-state index < -0.39 is 0 Å². The second-order valence-electron chi connectivity index (χ2n) is 6.79. The highest BCUT2D eigenvalue weighted by molar-refractivity contribution is 5.78. The van der Waals surface area contributed by atoms with Crippen molar-refractivity contribution in [3.63, 3.8) is 0 Å². The number of benzene rings is 2. The molecule has 0 unspecified atom stereocenters. The Morgan fingerprint density at radius 2 is 1.85 bits per heavy atom. The van der Waals surface area contributed by atoms with Gasteiger partial charge in [-0.2, -0.15) is 5.10 Å². The van der Waals surface area contributed by atoms with Gasteiger partial charge in [-0.15, -0.1) is 0 Å². The molecule has 0 aliphatic carbocycles. The zero-order valence-electron chi connectivity index (χ0n) is 14.4. The van der Waals surface area contributed by atoms with Gasteiger partial charge in [0.2, 0.25) is 5.91 Å². The Bertz CT molecular complexity index is 992. The molecule has 0 atom stereocenters. The number of hydrogen-bond donors (Lipinski definition) is 0. The van der Waals surface area contributed by atoms with Crippen LogP contribution in [0.15, 0.2) is 54.7 Å². The second kappa shape index (κ2) is 6.02. The summed E-state index contributed by atoms with van der Waals surface area (Å²) in [7, 11) is 0. The SMILES string of the molecule is O=C(Cn1ncc2c1-c1ccccc1OC2)N1CCc2ccccc2C1. The number of carbonyl (C=O) groups excluding carboxylic acids is 1. The van der Waals surface area contributed by atoms with E-state index in [2.05, 4.69) is 23.3 Å². The van der Waals surface area contributed by atoms with Crippen LogP contribution in [0.3, 0.4) is 0 Å². The van der Waals surface area contributed by atoms with Gasteiger partial charge in [0.05, 0.1) is 11.9 Å². The first-order chi connectivity index (χ1) is 12.8. The van der Waals surface area contributed by atoms with Crippen molar-refractivity contribution in [2.45, 2.75) is 26.1 Å². The summed E-state index contributed by atoms with van der Waals surface area (Å²) < 4.78 is 7.59.